The summed E-state index contributed by atoms with van der Waals surface area (Å²) in [5, 5.41) is 4.08. The second-order valence-corrected chi connectivity index (χ2v) is 4.69. The van der Waals surface area contributed by atoms with Crippen LogP contribution in [0.3, 0.4) is 0 Å². The number of nitrogens with zero attached hydrogens (tertiary/aromatic N) is 1. The molecule has 2 nitrogen and oxygen atoms in total. The Morgan fingerprint density at radius 1 is 1.22 bits per heavy atom. The molecule has 3 heteroatoms. The molecule has 0 fully saturated rings. The monoisotopic (exact) mass is 260 g/mol. The van der Waals surface area contributed by atoms with Crippen molar-refractivity contribution in [3.8, 4) is 11.1 Å². The fourth-order valence-corrected chi connectivity index (χ4v) is 2.20. The molecule has 0 unspecified atom stereocenters. The van der Waals surface area contributed by atoms with Crippen molar-refractivity contribution in [2.24, 2.45) is 0 Å². The smallest absolute Gasteiger partial charge is 0.0487 e. The highest BCUT2D eigenvalue weighted by molar-refractivity contribution is 6.33. The normalized spacial score (nSPS) is 10.6. The number of halogens is 1. The first kappa shape index (κ1) is 13.1. The van der Waals surface area contributed by atoms with E-state index in [0.29, 0.717) is 0 Å². The zero-order valence-corrected chi connectivity index (χ0v) is 11.5. The minimum Gasteiger partial charge on any atom is -0.313 e. The number of nitrogens with one attached hydrogen (secondary N) is 1. The van der Waals surface area contributed by atoms with Gasteiger partial charge in [-0.15, -0.1) is 0 Å². The Balaban J connectivity index is 2.29. The first-order valence-corrected chi connectivity index (χ1v) is 6.50. The predicted molar refractivity (Wildman–Crippen MR) is 76.8 cm³/mol. The van der Waals surface area contributed by atoms with E-state index in [-0.39, 0.29) is 0 Å². The predicted octanol–water partition coefficient (Wildman–Crippen LogP) is 3.82. The number of benzene rings is 1. The fraction of sp³-hybridized carbons (Fsp3) is 0.267. The molecular formula is C15H17ClN2. The maximum Gasteiger partial charge on any atom is 0.0487 e. The van der Waals surface area contributed by atoms with Crippen LogP contribution in [0.25, 0.3) is 11.1 Å². The second kappa shape index (κ2) is 5.98. The van der Waals surface area contributed by atoms with Crippen LogP contribution in [-0.4, -0.2) is 11.5 Å². The molecule has 0 bridgehead atoms. The minimum atomic E-state index is 0.788. The summed E-state index contributed by atoms with van der Waals surface area (Å²) in [7, 11) is 0. The van der Waals surface area contributed by atoms with Crippen LogP contribution in [0.1, 0.15) is 18.2 Å². The highest BCUT2D eigenvalue weighted by Crippen LogP contribution is 2.28. The van der Waals surface area contributed by atoms with Gasteiger partial charge in [0.05, 0.1) is 0 Å². The zero-order valence-electron chi connectivity index (χ0n) is 10.7. The molecule has 0 aliphatic carbocycles. The highest BCUT2D eigenvalue weighted by atomic mass is 35.5. The van der Waals surface area contributed by atoms with Gasteiger partial charge in [0.2, 0.25) is 0 Å². The Labute approximate surface area is 113 Å². The molecule has 94 valence electrons. The van der Waals surface area contributed by atoms with Crippen molar-refractivity contribution in [2.45, 2.75) is 20.4 Å². The van der Waals surface area contributed by atoms with Crippen molar-refractivity contribution < 1.29 is 0 Å². The first-order chi connectivity index (χ1) is 8.70. The molecule has 0 saturated carbocycles. The molecule has 0 spiro atoms. The third-order valence-corrected chi connectivity index (χ3v) is 3.13. The molecule has 0 saturated heterocycles. The van der Waals surface area contributed by atoms with Gasteiger partial charge < -0.3 is 5.32 Å². The van der Waals surface area contributed by atoms with Gasteiger partial charge in [-0.1, -0.05) is 30.7 Å². The van der Waals surface area contributed by atoms with Crippen LogP contribution in [0.5, 0.6) is 0 Å². The van der Waals surface area contributed by atoms with E-state index < -0.39 is 0 Å². The maximum absolute atomic E-state index is 6.35. The fourth-order valence-electron chi connectivity index (χ4n) is 1.89. The Kier molecular flexibility index (Phi) is 4.34. The Bertz CT molecular complexity index is 538. The Hall–Kier alpha value is -1.38. The number of hydrogen-bond donors (Lipinski definition) is 1. The van der Waals surface area contributed by atoms with Gasteiger partial charge >= 0.3 is 0 Å². The number of hydrogen-bond acceptors (Lipinski definition) is 2. The van der Waals surface area contributed by atoms with Crippen molar-refractivity contribution in [2.75, 3.05) is 6.54 Å². The lowest BCUT2D eigenvalue weighted by molar-refractivity contribution is 0.727. The van der Waals surface area contributed by atoms with Gasteiger partial charge in [-0.25, -0.2) is 0 Å². The summed E-state index contributed by atoms with van der Waals surface area (Å²) >= 11 is 6.35. The van der Waals surface area contributed by atoms with E-state index in [2.05, 4.69) is 29.4 Å². The van der Waals surface area contributed by atoms with Crippen LogP contribution < -0.4 is 5.32 Å². The summed E-state index contributed by atoms with van der Waals surface area (Å²) in [6.45, 7) is 5.89. The maximum atomic E-state index is 6.35. The molecule has 2 rings (SSSR count). The van der Waals surface area contributed by atoms with E-state index in [1.807, 2.05) is 31.3 Å². The van der Waals surface area contributed by atoms with E-state index in [4.69, 9.17) is 11.6 Å². The first-order valence-electron chi connectivity index (χ1n) is 6.13. The third-order valence-electron chi connectivity index (χ3n) is 2.82. The number of pyridine rings is 1. The average molecular weight is 261 g/mol. The van der Waals surface area contributed by atoms with E-state index in [9.17, 15) is 0 Å². The highest BCUT2D eigenvalue weighted by Gasteiger charge is 2.05. The molecule has 0 aliphatic rings. The molecule has 1 heterocycles. The van der Waals surface area contributed by atoms with E-state index in [1.54, 1.807) is 0 Å². The molecule has 0 amide bonds. The quantitative estimate of drug-likeness (QED) is 0.904. The number of rotatable bonds is 4. The van der Waals surface area contributed by atoms with Crippen LogP contribution >= 0.6 is 11.6 Å². The van der Waals surface area contributed by atoms with Crippen molar-refractivity contribution in [1.29, 1.82) is 0 Å². The molecule has 0 aliphatic heterocycles. The minimum absolute atomic E-state index is 0.788. The summed E-state index contributed by atoms with van der Waals surface area (Å²) in [6, 6.07) is 10.2. The zero-order chi connectivity index (χ0) is 13.0. The summed E-state index contributed by atoms with van der Waals surface area (Å²) in [5.74, 6) is 0. The van der Waals surface area contributed by atoms with Crippen molar-refractivity contribution >= 4 is 11.6 Å². The standard InChI is InChI=1S/C15H17ClN2/c1-3-17-10-12-4-5-14(15(16)9-12)13-6-7-18-11(2)8-13/h4-9,17H,3,10H2,1-2H3. The van der Waals surface area contributed by atoms with Crippen LogP contribution in [0, 0.1) is 6.92 Å². The van der Waals surface area contributed by atoms with Crippen molar-refractivity contribution in [3.05, 3.63) is 52.8 Å². The van der Waals surface area contributed by atoms with Gasteiger partial charge in [-0.3, -0.25) is 4.98 Å². The van der Waals surface area contributed by atoms with Crippen LogP contribution in [0.2, 0.25) is 5.02 Å². The van der Waals surface area contributed by atoms with Crippen molar-refractivity contribution in [1.82, 2.24) is 10.3 Å². The Morgan fingerprint density at radius 2 is 2.06 bits per heavy atom. The van der Waals surface area contributed by atoms with Gasteiger partial charge in [0, 0.05) is 29.0 Å². The van der Waals surface area contributed by atoms with Crippen LogP contribution in [-0.2, 0) is 6.54 Å². The topological polar surface area (TPSA) is 24.9 Å². The summed E-state index contributed by atoms with van der Waals surface area (Å²) < 4.78 is 0. The lowest BCUT2D eigenvalue weighted by Crippen LogP contribution is -2.11. The van der Waals surface area contributed by atoms with Gasteiger partial charge in [0.25, 0.3) is 0 Å². The molecule has 1 aromatic heterocycles. The molecule has 1 N–H and O–H groups in total. The molecule has 0 atom stereocenters. The Morgan fingerprint density at radius 3 is 2.72 bits per heavy atom. The van der Waals surface area contributed by atoms with Crippen LogP contribution in [0.4, 0.5) is 0 Å². The second-order valence-electron chi connectivity index (χ2n) is 4.28. The van der Waals surface area contributed by atoms with E-state index in [0.717, 1.165) is 34.9 Å². The van der Waals surface area contributed by atoms with Gasteiger partial charge in [-0.05, 0) is 42.8 Å². The molecule has 1 aromatic carbocycles. The SMILES string of the molecule is CCNCc1ccc(-c2ccnc(C)c2)c(Cl)c1. The average Bonchev–Trinajstić information content (AvgIpc) is 2.36. The van der Waals surface area contributed by atoms with Gasteiger partial charge in [-0.2, -0.15) is 0 Å². The van der Waals surface area contributed by atoms with Crippen LogP contribution in [0.15, 0.2) is 36.5 Å². The van der Waals surface area contributed by atoms with Gasteiger partial charge in [0.15, 0.2) is 0 Å². The third kappa shape index (κ3) is 3.09. The van der Waals surface area contributed by atoms with Gasteiger partial charge in [0.1, 0.15) is 0 Å². The molecule has 2 aromatic rings. The lowest BCUT2D eigenvalue weighted by atomic mass is 10.0. The summed E-state index contributed by atoms with van der Waals surface area (Å²) in [4.78, 5) is 4.20. The van der Waals surface area contributed by atoms with E-state index in [1.165, 1.54) is 5.56 Å². The summed E-state index contributed by atoms with van der Waals surface area (Å²) in [6.07, 6.45) is 1.81. The van der Waals surface area contributed by atoms with E-state index >= 15 is 0 Å². The molecule has 0 radical (unpaired) electrons. The lowest BCUT2D eigenvalue weighted by Gasteiger charge is -2.08. The largest absolute Gasteiger partial charge is 0.313 e. The van der Waals surface area contributed by atoms with Crippen molar-refractivity contribution in [3.63, 3.8) is 0 Å². The number of aryl methyl sites for hydroxylation is 1. The molecular weight excluding hydrogens is 244 g/mol. The molecule has 18 heavy (non-hydrogen) atoms. The number of aromatic nitrogens is 1. The summed E-state index contributed by atoms with van der Waals surface area (Å²) in [5.41, 5.74) is 4.38.